The molecule has 20 heavy (non-hydrogen) atoms. The summed E-state index contributed by atoms with van der Waals surface area (Å²) in [6.07, 6.45) is 0. The summed E-state index contributed by atoms with van der Waals surface area (Å²) in [5, 5.41) is 9.46. The number of anilines is 1. The van der Waals surface area contributed by atoms with E-state index in [0.29, 0.717) is 37.0 Å². The van der Waals surface area contributed by atoms with Crippen molar-refractivity contribution in [2.24, 2.45) is 0 Å². The molecule has 0 unspecified atom stereocenters. The summed E-state index contributed by atoms with van der Waals surface area (Å²) in [4.78, 5) is 2.12. The fourth-order valence-electron chi connectivity index (χ4n) is 1.82. The number of hydrogen-bond donors (Lipinski definition) is 0. The second-order valence-electron chi connectivity index (χ2n) is 4.16. The molecule has 0 saturated carbocycles. The van der Waals surface area contributed by atoms with Gasteiger partial charge in [-0.05, 0) is 32.0 Å². The molecule has 0 N–H and O–H groups in total. The molecule has 0 saturated heterocycles. The van der Waals surface area contributed by atoms with Crippen LogP contribution >= 0.6 is 11.6 Å². The van der Waals surface area contributed by atoms with Gasteiger partial charge in [-0.15, -0.1) is 0 Å². The summed E-state index contributed by atoms with van der Waals surface area (Å²) in [5.74, 6) is 0. The zero-order valence-corrected chi connectivity index (χ0v) is 12.8. The van der Waals surface area contributed by atoms with Crippen molar-refractivity contribution >= 4 is 17.3 Å². The Morgan fingerprint density at radius 3 is 2.20 bits per heavy atom. The van der Waals surface area contributed by atoms with E-state index in [4.69, 9.17) is 26.3 Å². The molecule has 0 atom stereocenters. The van der Waals surface area contributed by atoms with E-state index in [1.807, 2.05) is 19.9 Å². The normalized spacial score (nSPS) is 10.3. The van der Waals surface area contributed by atoms with Crippen LogP contribution in [0.15, 0.2) is 18.2 Å². The quantitative estimate of drug-likeness (QED) is 0.657. The summed E-state index contributed by atoms with van der Waals surface area (Å²) in [6, 6.07) is 7.42. The molecule has 110 valence electrons. The molecule has 1 aromatic carbocycles. The summed E-state index contributed by atoms with van der Waals surface area (Å²) in [6.45, 7) is 8.09. The van der Waals surface area contributed by atoms with Crippen molar-refractivity contribution in [2.45, 2.75) is 13.8 Å². The monoisotopic (exact) mass is 296 g/mol. The Hall–Kier alpha value is -1.28. The van der Waals surface area contributed by atoms with Crippen molar-refractivity contribution in [3.8, 4) is 6.07 Å². The molecule has 1 rings (SSSR count). The van der Waals surface area contributed by atoms with Crippen LogP contribution in [0.3, 0.4) is 0 Å². The van der Waals surface area contributed by atoms with Crippen LogP contribution in [0.1, 0.15) is 19.4 Å². The first kappa shape index (κ1) is 16.8. The zero-order valence-electron chi connectivity index (χ0n) is 12.1. The first-order valence-corrected chi connectivity index (χ1v) is 7.20. The summed E-state index contributed by atoms with van der Waals surface area (Å²) in [7, 11) is 0. The highest BCUT2D eigenvalue weighted by Crippen LogP contribution is 2.26. The van der Waals surface area contributed by atoms with Gasteiger partial charge in [0.2, 0.25) is 0 Å². The van der Waals surface area contributed by atoms with Crippen LogP contribution in [0, 0.1) is 11.3 Å². The number of nitriles is 1. The van der Waals surface area contributed by atoms with Crippen molar-refractivity contribution in [3.05, 3.63) is 28.8 Å². The summed E-state index contributed by atoms with van der Waals surface area (Å²) in [5.41, 5.74) is 1.47. The van der Waals surface area contributed by atoms with Gasteiger partial charge >= 0.3 is 0 Å². The predicted octanol–water partition coefficient (Wildman–Crippen LogP) is 3.09. The predicted molar refractivity (Wildman–Crippen MR) is 81.4 cm³/mol. The molecule has 0 aromatic heterocycles. The van der Waals surface area contributed by atoms with Crippen molar-refractivity contribution in [1.29, 1.82) is 5.26 Å². The van der Waals surface area contributed by atoms with Gasteiger partial charge in [0.1, 0.15) is 0 Å². The molecule has 0 spiro atoms. The van der Waals surface area contributed by atoms with Gasteiger partial charge in [0.05, 0.1) is 35.6 Å². The van der Waals surface area contributed by atoms with Crippen LogP contribution in [0.25, 0.3) is 0 Å². The summed E-state index contributed by atoms with van der Waals surface area (Å²) >= 11 is 6.25. The Morgan fingerprint density at radius 1 is 1.15 bits per heavy atom. The van der Waals surface area contributed by atoms with E-state index >= 15 is 0 Å². The molecular weight excluding hydrogens is 276 g/mol. The minimum atomic E-state index is 0.563. The molecule has 0 amide bonds. The average molecular weight is 297 g/mol. The van der Waals surface area contributed by atoms with E-state index in [-0.39, 0.29) is 0 Å². The van der Waals surface area contributed by atoms with Crippen LogP contribution in [0.5, 0.6) is 0 Å². The lowest BCUT2D eigenvalue weighted by atomic mass is 10.2. The lowest BCUT2D eigenvalue weighted by Gasteiger charge is -2.25. The van der Waals surface area contributed by atoms with Gasteiger partial charge in [0.15, 0.2) is 0 Å². The van der Waals surface area contributed by atoms with Crippen LogP contribution < -0.4 is 4.90 Å². The first-order chi connectivity index (χ1) is 9.72. The fraction of sp³-hybridized carbons (Fsp3) is 0.533. The number of nitrogens with zero attached hydrogens (tertiary/aromatic N) is 2. The molecule has 1 aromatic rings. The molecule has 4 nitrogen and oxygen atoms in total. The van der Waals surface area contributed by atoms with E-state index in [9.17, 15) is 0 Å². The largest absolute Gasteiger partial charge is 0.380 e. The number of benzene rings is 1. The van der Waals surface area contributed by atoms with Gasteiger partial charge in [-0.1, -0.05) is 11.6 Å². The van der Waals surface area contributed by atoms with E-state index in [1.54, 1.807) is 12.1 Å². The SMILES string of the molecule is CCOCCN(CCOCC)c1ccc(C#N)cc1Cl. The first-order valence-electron chi connectivity index (χ1n) is 6.83. The van der Waals surface area contributed by atoms with Gasteiger partial charge in [0.25, 0.3) is 0 Å². The van der Waals surface area contributed by atoms with Crippen molar-refractivity contribution in [1.82, 2.24) is 0 Å². The average Bonchev–Trinajstić information content (AvgIpc) is 2.46. The molecule has 5 heteroatoms. The molecular formula is C15H21ClN2O2. The van der Waals surface area contributed by atoms with Crippen LogP contribution in [0.2, 0.25) is 5.02 Å². The topological polar surface area (TPSA) is 45.5 Å². The molecule has 0 heterocycles. The number of rotatable bonds is 9. The Morgan fingerprint density at radius 2 is 1.75 bits per heavy atom. The smallest absolute Gasteiger partial charge is 0.0992 e. The Bertz CT molecular complexity index is 436. The van der Waals surface area contributed by atoms with E-state index in [1.165, 1.54) is 0 Å². The standard InChI is InChI=1S/C15H21ClN2O2/c1-3-19-9-7-18(8-10-20-4-2)15-6-5-13(12-17)11-14(15)16/h5-6,11H,3-4,7-10H2,1-2H3. The zero-order chi connectivity index (χ0) is 14.8. The van der Waals surface area contributed by atoms with E-state index < -0.39 is 0 Å². The van der Waals surface area contributed by atoms with Crippen molar-refractivity contribution in [2.75, 3.05) is 44.4 Å². The maximum atomic E-state index is 8.88. The minimum absolute atomic E-state index is 0.563. The molecule has 0 aliphatic carbocycles. The van der Waals surface area contributed by atoms with Gasteiger partial charge < -0.3 is 14.4 Å². The van der Waals surface area contributed by atoms with Crippen LogP contribution in [-0.4, -0.2) is 39.5 Å². The van der Waals surface area contributed by atoms with Crippen molar-refractivity contribution in [3.63, 3.8) is 0 Å². The van der Waals surface area contributed by atoms with Gasteiger partial charge in [-0.3, -0.25) is 0 Å². The van der Waals surface area contributed by atoms with E-state index in [0.717, 1.165) is 18.8 Å². The van der Waals surface area contributed by atoms with Crippen LogP contribution in [0.4, 0.5) is 5.69 Å². The molecule has 0 fully saturated rings. The second-order valence-corrected chi connectivity index (χ2v) is 4.57. The number of hydrogen-bond acceptors (Lipinski definition) is 4. The minimum Gasteiger partial charge on any atom is -0.380 e. The molecule has 0 bridgehead atoms. The lowest BCUT2D eigenvalue weighted by Crippen LogP contribution is -2.31. The fourth-order valence-corrected chi connectivity index (χ4v) is 2.12. The molecule has 0 radical (unpaired) electrons. The highest BCUT2D eigenvalue weighted by atomic mass is 35.5. The van der Waals surface area contributed by atoms with Crippen molar-refractivity contribution < 1.29 is 9.47 Å². The third kappa shape index (κ3) is 5.38. The number of halogens is 1. The maximum absolute atomic E-state index is 8.88. The maximum Gasteiger partial charge on any atom is 0.0992 e. The number of ether oxygens (including phenoxy) is 2. The molecule has 0 aliphatic heterocycles. The van der Waals surface area contributed by atoms with Gasteiger partial charge in [0, 0.05) is 26.3 Å². The third-order valence-electron chi connectivity index (χ3n) is 2.84. The highest BCUT2D eigenvalue weighted by molar-refractivity contribution is 6.33. The van der Waals surface area contributed by atoms with E-state index in [2.05, 4.69) is 11.0 Å². The lowest BCUT2D eigenvalue weighted by molar-refractivity contribution is 0.141. The highest BCUT2D eigenvalue weighted by Gasteiger charge is 2.11. The summed E-state index contributed by atoms with van der Waals surface area (Å²) < 4.78 is 10.8. The molecule has 0 aliphatic rings. The Balaban J connectivity index is 2.77. The van der Waals surface area contributed by atoms with Crippen LogP contribution in [-0.2, 0) is 9.47 Å². The van der Waals surface area contributed by atoms with Gasteiger partial charge in [-0.25, -0.2) is 0 Å². The third-order valence-corrected chi connectivity index (χ3v) is 3.14. The Kier molecular flexibility index (Phi) is 8.05. The second kappa shape index (κ2) is 9.60. The van der Waals surface area contributed by atoms with Gasteiger partial charge in [-0.2, -0.15) is 5.26 Å². The Labute approximate surface area is 125 Å².